The number of aryl methyl sites for hydroxylation is 3. The van der Waals surface area contributed by atoms with E-state index < -0.39 is 31.0 Å². The normalized spacial score (nSPS) is 23.6. The molecule has 2 aromatic carbocycles. The first-order chi connectivity index (χ1) is 13.8. The van der Waals surface area contributed by atoms with Crippen LogP contribution in [0.3, 0.4) is 0 Å². The molecule has 0 saturated carbocycles. The Morgan fingerprint density at radius 1 is 1.00 bits per heavy atom. The lowest BCUT2D eigenvalue weighted by molar-refractivity contribution is 0.525. The number of fused-ring (bicyclic) bond motifs is 1. The molecule has 0 unspecified atom stereocenters. The van der Waals surface area contributed by atoms with Gasteiger partial charge in [0.15, 0.2) is 19.7 Å². The van der Waals surface area contributed by atoms with Crippen LogP contribution in [0.5, 0.6) is 0 Å². The van der Waals surface area contributed by atoms with Gasteiger partial charge in [-0.15, -0.1) is 0 Å². The summed E-state index contributed by atoms with van der Waals surface area (Å²) in [6.45, 7) is 2.44. The van der Waals surface area contributed by atoms with Crippen molar-refractivity contribution in [1.82, 2.24) is 5.32 Å². The summed E-state index contributed by atoms with van der Waals surface area (Å²) in [4.78, 5) is 0.253. The van der Waals surface area contributed by atoms with Crippen molar-refractivity contribution in [2.24, 2.45) is 0 Å². The van der Waals surface area contributed by atoms with Gasteiger partial charge in [-0.2, -0.15) is 0 Å². The second-order valence-electron chi connectivity index (χ2n) is 8.21. The average molecular weight is 434 g/mol. The van der Waals surface area contributed by atoms with Crippen molar-refractivity contribution < 1.29 is 16.8 Å². The molecule has 0 bridgehead atoms. The van der Waals surface area contributed by atoms with Gasteiger partial charge in [0.05, 0.1) is 21.7 Å². The molecule has 2 atom stereocenters. The molecule has 1 saturated heterocycles. The number of sulfone groups is 2. The topological polar surface area (TPSA) is 80.3 Å². The SMILES string of the molecule is Cc1ccccc1CN[C@H]1CS(=O)(=O)C[C@@H]1S(=O)(=O)c1ccc2c(c1)CCCC2. The lowest BCUT2D eigenvalue weighted by Crippen LogP contribution is -2.43. The molecule has 0 radical (unpaired) electrons. The lowest BCUT2D eigenvalue weighted by atomic mass is 9.92. The van der Waals surface area contributed by atoms with Crippen LogP contribution in [0.15, 0.2) is 47.4 Å². The minimum absolute atomic E-state index is 0.145. The largest absolute Gasteiger partial charge is 0.308 e. The smallest absolute Gasteiger partial charge is 0.183 e. The van der Waals surface area contributed by atoms with Crippen molar-refractivity contribution in [1.29, 1.82) is 0 Å². The van der Waals surface area contributed by atoms with Crippen LogP contribution in [0.25, 0.3) is 0 Å². The molecule has 4 rings (SSSR count). The molecule has 1 aliphatic carbocycles. The maximum atomic E-state index is 13.4. The van der Waals surface area contributed by atoms with Crippen LogP contribution < -0.4 is 5.32 Å². The van der Waals surface area contributed by atoms with Crippen LogP contribution in [0.2, 0.25) is 0 Å². The minimum atomic E-state index is -3.75. The Kier molecular flexibility index (Phi) is 5.57. The number of hydrogen-bond donors (Lipinski definition) is 1. The number of rotatable bonds is 5. The Morgan fingerprint density at radius 2 is 1.72 bits per heavy atom. The van der Waals surface area contributed by atoms with Gasteiger partial charge in [0.2, 0.25) is 0 Å². The molecule has 1 fully saturated rings. The molecule has 1 N–H and O–H groups in total. The van der Waals surface area contributed by atoms with E-state index in [1.54, 1.807) is 12.1 Å². The molecular formula is C22H27NO4S2. The van der Waals surface area contributed by atoms with Crippen LogP contribution in [0.4, 0.5) is 0 Å². The summed E-state index contributed by atoms with van der Waals surface area (Å²) >= 11 is 0. The predicted molar refractivity (Wildman–Crippen MR) is 115 cm³/mol. The van der Waals surface area contributed by atoms with E-state index in [4.69, 9.17) is 0 Å². The maximum Gasteiger partial charge on any atom is 0.183 e. The molecule has 29 heavy (non-hydrogen) atoms. The summed E-state index contributed by atoms with van der Waals surface area (Å²) in [5.74, 6) is -0.467. The monoisotopic (exact) mass is 433 g/mol. The number of nitrogens with one attached hydrogen (secondary N) is 1. The fourth-order valence-electron chi connectivity index (χ4n) is 4.42. The van der Waals surface area contributed by atoms with E-state index in [0.717, 1.165) is 42.4 Å². The lowest BCUT2D eigenvalue weighted by Gasteiger charge is -2.22. The minimum Gasteiger partial charge on any atom is -0.308 e. The zero-order chi connectivity index (χ0) is 20.6. The van der Waals surface area contributed by atoms with E-state index in [2.05, 4.69) is 5.32 Å². The molecule has 0 amide bonds. The van der Waals surface area contributed by atoms with Crippen molar-refractivity contribution >= 4 is 19.7 Å². The third-order valence-electron chi connectivity index (χ3n) is 6.16. The zero-order valence-corrected chi connectivity index (χ0v) is 18.2. The molecule has 156 valence electrons. The molecule has 2 aliphatic rings. The Bertz CT molecular complexity index is 1120. The number of hydrogen-bond acceptors (Lipinski definition) is 5. The summed E-state index contributed by atoms with van der Waals surface area (Å²) in [5, 5.41) is 2.26. The fourth-order valence-corrected chi connectivity index (χ4v) is 9.19. The second kappa shape index (κ2) is 7.85. The first kappa shape index (κ1) is 20.6. The van der Waals surface area contributed by atoms with Crippen molar-refractivity contribution in [2.45, 2.75) is 55.3 Å². The van der Waals surface area contributed by atoms with E-state index >= 15 is 0 Å². The van der Waals surface area contributed by atoms with Gasteiger partial charge < -0.3 is 5.32 Å². The van der Waals surface area contributed by atoms with Crippen LogP contribution in [0, 0.1) is 6.92 Å². The van der Waals surface area contributed by atoms with Gasteiger partial charge in [-0.05, 0) is 67.0 Å². The van der Waals surface area contributed by atoms with Gasteiger partial charge in [-0.3, -0.25) is 0 Å². The van der Waals surface area contributed by atoms with E-state index in [-0.39, 0.29) is 16.4 Å². The molecule has 0 spiro atoms. The van der Waals surface area contributed by atoms with E-state index in [1.165, 1.54) is 5.56 Å². The Hall–Kier alpha value is -1.70. The highest BCUT2D eigenvalue weighted by molar-refractivity contribution is 7.96. The summed E-state index contributed by atoms with van der Waals surface area (Å²) in [6.07, 6.45) is 4.06. The second-order valence-corrected chi connectivity index (χ2v) is 12.5. The van der Waals surface area contributed by atoms with Gasteiger partial charge >= 0.3 is 0 Å². The van der Waals surface area contributed by atoms with Crippen molar-refractivity contribution in [3.8, 4) is 0 Å². The fraction of sp³-hybridized carbons (Fsp3) is 0.455. The first-order valence-electron chi connectivity index (χ1n) is 10.1. The van der Waals surface area contributed by atoms with Crippen molar-refractivity contribution in [3.63, 3.8) is 0 Å². The summed E-state index contributed by atoms with van der Waals surface area (Å²) in [7, 11) is -7.16. The summed E-state index contributed by atoms with van der Waals surface area (Å²) in [6, 6.07) is 12.6. The molecule has 1 aliphatic heterocycles. The summed E-state index contributed by atoms with van der Waals surface area (Å²) in [5.41, 5.74) is 4.43. The summed E-state index contributed by atoms with van der Waals surface area (Å²) < 4.78 is 51.5. The van der Waals surface area contributed by atoms with E-state index in [0.29, 0.717) is 6.54 Å². The highest BCUT2D eigenvalue weighted by Crippen LogP contribution is 2.30. The first-order valence-corrected chi connectivity index (χ1v) is 13.5. The molecular weight excluding hydrogens is 406 g/mol. The average Bonchev–Trinajstić information content (AvgIpc) is 3.02. The highest BCUT2D eigenvalue weighted by Gasteiger charge is 2.45. The maximum absolute atomic E-state index is 13.4. The third-order valence-corrected chi connectivity index (χ3v) is 10.3. The predicted octanol–water partition coefficient (Wildman–Crippen LogP) is 2.60. The van der Waals surface area contributed by atoms with E-state index in [9.17, 15) is 16.8 Å². The molecule has 1 heterocycles. The molecule has 0 aromatic heterocycles. The molecule has 5 nitrogen and oxygen atoms in total. The van der Waals surface area contributed by atoms with Crippen molar-refractivity contribution in [3.05, 3.63) is 64.7 Å². The number of benzene rings is 2. The van der Waals surface area contributed by atoms with Crippen LogP contribution in [-0.4, -0.2) is 39.6 Å². The van der Waals surface area contributed by atoms with Crippen LogP contribution >= 0.6 is 0 Å². The van der Waals surface area contributed by atoms with Gasteiger partial charge in [-0.25, -0.2) is 16.8 Å². The van der Waals surface area contributed by atoms with E-state index in [1.807, 2.05) is 37.3 Å². The Morgan fingerprint density at radius 3 is 2.48 bits per heavy atom. The third kappa shape index (κ3) is 4.27. The quantitative estimate of drug-likeness (QED) is 0.784. The zero-order valence-electron chi connectivity index (χ0n) is 16.6. The highest BCUT2D eigenvalue weighted by atomic mass is 32.2. The van der Waals surface area contributed by atoms with Gasteiger partial charge in [0.25, 0.3) is 0 Å². The van der Waals surface area contributed by atoms with Gasteiger partial charge in [0.1, 0.15) is 0 Å². The van der Waals surface area contributed by atoms with Crippen LogP contribution in [-0.2, 0) is 39.1 Å². The van der Waals surface area contributed by atoms with Crippen LogP contribution in [0.1, 0.15) is 35.1 Å². The van der Waals surface area contributed by atoms with Gasteiger partial charge in [0, 0.05) is 12.6 Å². The molecule has 2 aromatic rings. The molecule has 7 heteroatoms. The van der Waals surface area contributed by atoms with Gasteiger partial charge in [-0.1, -0.05) is 30.3 Å². The standard InChI is InChI=1S/C22H27NO4S2/c1-16-6-2-3-9-19(16)13-23-21-14-28(24,25)15-22(21)29(26,27)20-11-10-17-7-4-5-8-18(17)12-20/h2-3,6,9-12,21-23H,4-5,7-8,13-15H2,1H3/t21-,22-/m0/s1. The Labute approximate surface area is 173 Å². The Balaban J connectivity index is 1.61. The van der Waals surface area contributed by atoms with Crippen molar-refractivity contribution in [2.75, 3.05) is 11.5 Å².